The molecule has 2 rings (SSSR count). The van der Waals surface area contributed by atoms with Crippen LogP contribution in [0.4, 0.5) is 24.5 Å². The van der Waals surface area contributed by atoms with E-state index in [1.54, 1.807) is 0 Å². The predicted molar refractivity (Wildman–Crippen MR) is 74.8 cm³/mol. The zero-order chi connectivity index (χ0) is 15.5. The Balaban J connectivity index is 2.08. The van der Waals surface area contributed by atoms with E-state index >= 15 is 0 Å². The molecule has 7 heteroatoms. The third-order valence-electron chi connectivity index (χ3n) is 3.87. The first-order valence-electron chi connectivity index (χ1n) is 7.09. The van der Waals surface area contributed by atoms with Crippen LogP contribution in [0.1, 0.15) is 44.2 Å². The van der Waals surface area contributed by atoms with Crippen LogP contribution in [-0.2, 0) is 6.18 Å². The van der Waals surface area contributed by atoms with Gasteiger partial charge in [0.15, 0.2) is 0 Å². The zero-order valence-corrected chi connectivity index (χ0v) is 11.7. The molecule has 118 valence electrons. The van der Waals surface area contributed by atoms with Gasteiger partial charge in [-0.1, -0.05) is 25.7 Å². The maximum absolute atomic E-state index is 12.6. The van der Waals surface area contributed by atoms with Crippen LogP contribution in [-0.4, -0.2) is 22.2 Å². The van der Waals surface area contributed by atoms with Gasteiger partial charge in [0.1, 0.15) is 5.69 Å². The summed E-state index contributed by atoms with van der Waals surface area (Å²) in [7, 11) is 0. The SMILES string of the molecule is Nc1cnc(C(F)(F)F)cc1NCC1(O)CCCCCC1. The number of pyridine rings is 1. The van der Waals surface area contributed by atoms with E-state index in [9.17, 15) is 18.3 Å². The highest BCUT2D eigenvalue weighted by Crippen LogP contribution is 2.32. The van der Waals surface area contributed by atoms with Gasteiger partial charge in [-0.2, -0.15) is 13.2 Å². The summed E-state index contributed by atoms with van der Waals surface area (Å²) in [6.45, 7) is 0.193. The average Bonchev–Trinajstić information content (AvgIpc) is 2.62. The van der Waals surface area contributed by atoms with Gasteiger partial charge in [0.25, 0.3) is 0 Å². The second kappa shape index (κ2) is 6.09. The minimum Gasteiger partial charge on any atom is -0.396 e. The van der Waals surface area contributed by atoms with Crippen molar-refractivity contribution in [3.05, 3.63) is 18.0 Å². The molecule has 4 N–H and O–H groups in total. The first-order valence-corrected chi connectivity index (χ1v) is 7.09. The molecule has 1 fully saturated rings. The number of alkyl halides is 3. The number of nitrogen functional groups attached to an aromatic ring is 1. The molecule has 1 heterocycles. The summed E-state index contributed by atoms with van der Waals surface area (Å²) >= 11 is 0. The number of nitrogens with one attached hydrogen (secondary N) is 1. The summed E-state index contributed by atoms with van der Waals surface area (Å²) in [5.41, 5.74) is 4.07. The molecule has 0 atom stereocenters. The molecular formula is C14H20F3N3O. The number of hydrogen-bond acceptors (Lipinski definition) is 4. The van der Waals surface area contributed by atoms with Crippen molar-refractivity contribution in [2.45, 2.75) is 50.3 Å². The fraction of sp³-hybridized carbons (Fsp3) is 0.643. The van der Waals surface area contributed by atoms with E-state index < -0.39 is 17.5 Å². The summed E-state index contributed by atoms with van der Waals surface area (Å²) in [5, 5.41) is 13.3. The van der Waals surface area contributed by atoms with E-state index in [0.717, 1.165) is 37.9 Å². The molecule has 0 aliphatic heterocycles. The van der Waals surface area contributed by atoms with Crippen LogP contribution in [0.2, 0.25) is 0 Å². The fourth-order valence-electron chi connectivity index (χ4n) is 2.60. The van der Waals surface area contributed by atoms with Crippen molar-refractivity contribution in [3.8, 4) is 0 Å². The van der Waals surface area contributed by atoms with Crippen molar-refractivity contribution >= 4 is 11.4 Å². The second-order valence-corrected chi connectivity index (χ2v) is 5.65. The molecule has 0 amide bonds. The van der Waals surface area contributed by atoms with Gasteiger partial charge in [-0.05, 0) is 18.9 Å². The van der Waals surface area contributed by atoms with Gasteiger partial charge in [0.05, 0.1) is 23.2 Å². The Labute approximate surface area is 121 Å². The molecule has 1 aromatic heterocycles. The lowest BCUT2D eigenvalue weighted by Crippen LogP contribution is -2.36. The third-order valence-corrected chi connectivity index (χ3v) is 3.87. The molecule has 4 nitrogen and oxygen atoms in total. The van der Waals surface area contributed by atoms with Crippen molar-refractivity contribution in [1.29, 1.82) is 0 Å². The van der Waals surface area contributed by atoms with Crippen LogP contribution in [0.25, 0.3) is 0 Å². The lowest BCUT2D eigenvalue weighted by atomic mass is 9.94. The number of nitrogens with two attached hydrogens (primary N) is 1. The van der Waals surface area contributed by atoms with Crippen LogP contribution in [0, 0.1) is 0 Å². The zero-order valence-electron chi connectivity index (χ0n) is 11.7. The Hall–Kier alpha value is -1.50. The number of rotatable bonds is 3. The molecule has 1 aliphatic carbocycles. The highest BCUT2D eigenvalue weighted by Gasteiger charge is 2.33. The molecular weight excluding hydrogens is 283 g/mol. The van der Waals surface area contributed by atoms with Gasteiger partial charge >= 0.3 is 6.18 Å². The fourth-order valence-corrected chi connectivity index (χ4v) is 2.60. The first-order chi connectivity index (χ1) is 9.80. The summed E-state index contributed by atoms with van der Waals surface area (Å²) in [6, 6.07) is 0.884. The predicted octanol–water partition coefficient (Wildman–Crippen LogP) is 3.18. The molecule has 1 aromatic rings. The number of halogens is 3. The molecule has 21 heavy (non-hydrogen) atoms. The molecule has 0 spiro atoms. The monoisotopic (exact) mass is 303 g/mol. The number of hydrogen-bond donors (Lipinski definition) is 3. The van der Waals surface area contributed by atoms with E-state index in [1.165, 1.54) is 0 Å². The van der Waals surface area contributed by atoms with Crippen molar-refractivity contribution in [1.82, 2.24) is 4.98 Å². The Bertz CT molecular complexity index is 483. The largest absolute Gasteiger partial charge is 0.433 e. The summed E-state index contributed by atoms with van der Waals surface area (Å²) in [5.74, 6) is 0. The van der Waals surface area contributed by atoms with Gasteiger partial charge in [-0.15, -0.1) is 0 Å². The minimum atomic E-state index is -4.51. The van der Waals surface area contributed by atoms with E-state index in [1.807, 2.05) is 0 Å². The highest BCUT2D eigenvalue weighted by atomic mass is 19.4. The first kappa shape index (κ1) is 15.9. The maximum atomic E-state index is 12.6. The topological polar surface area (TPSA) is 71.2 Å². The summed E-state index contributed by atoms with van der Waals surface area (Å²) < 4.78 is 37.9. The van der Waals surface area contributed by atoms with E-state index in [0.29, 0.717) is 12.8 Å². The Morgan fingerprint density at radius 2 is 1.86 bits per heavy atom. The lowest BCUT2D eigenvalue weighted by Gasteiger charge is -2.27. The second-order valence-electron chi connectivity index (χ2n) is 5.65. The molecule has 1 saturated carbocycles. The van der Waals surface area contributed by atoms with Crippen LogP contribution in [0.3, 0.4) is 0 Å². The number of aliphatic hydroxyl groups is 1. The number of anilines is 2. The standard InChI is InChI=1S/C14H20F3N3O/c15-14(16,17)12-7-11(10(18)8-19-12)20-9-13(21)5-3-1-2-4-6-13/h7-8,21H,1-6,9,18H2,(H,19,20). The van der Waals surface area contributed by atoms with E-state index in [-0.39, 0.29) is 17.9 Å². The Morgan fingerprint density at radius 1 is 1.24 bits per heavy atom. The van der Waals surface area contributed by atoms with Crippen molar-refractivity contribution in [2.24, 2.45) is 0 Å². The average molecular weight is 303 g/mol. The van der Waals surface area contributed by atoms with Crippen molar-refractivity contribution < 1.29 is 18.3 Å². The van der Waals surface area contributed by atoms with Crippen molar-refractivity contribution in [2.75, 3.05) is 17.6 Å². The van der Waals surface area contributed by atoms with Crippen LogP contribution >= 0.6 is 0 Å². The quantitative estimate of drug-likeness (QED) is 0.750. The summed E-state index contributed by atoms with van der Waals surface area (Å²) in [4.78, 5) is 3.28. The molecule has 0 saturated heterocycles. The van der Waals surface area contributed by atoms with Gasteiger partial charge < -0.3 is 16.2 Å². The molecule has 0 unspecified atom stereocenters. The summed E-state index contributed by atoms with van der Waals surface area (Å²) in [6.07, 6.45) is 1.80. The maximum Gasteiger partial charge on any atom is 0.433 e. The van der Waals surface area contributed by atoms with Crippen LogP contribution < -0.4 is 11.1 Å². The molecule has 0 aromatic carbocycles. The Morgan fingerprint density at radius 3 is 2.43 bits per heavy atom. The smallest absolute Gasteiger partial charge is 0.396 e. The number of aromatic nitrogens is 1. The van der Waals surface area contributed by atoms with Gasteiger partial charge in [0, 0.05) is 6.54 Å². The van der Waals surface area contributed by atoms with E-state index in [2.05, 4.69) is 10.3 Å². The molecule has 1 aliphatic rings. The van der Waals surface area contributed by atoms with Gasteiger partial charge in [0.2, 0.25) is 0 Å². The highest BCUT2D eigenvalue weighted by molar-refractivity contribution is 5.65. The van der Waals surface area contributed by atoms with Crippen molar-refractivity contribution in [3.63, 3.8) is 0 Å². The van der Waals surface area contributed by atoms with Gasteiger partial charge in [-0.25, -0.2) is 4.98 Å². The van der Waals surface area contributed by atoms with E-state index in [4.69, 9.17) is 5.73 Å². The molecule has 0 bridgehead atoms. The van der Waals surface area contributed by atoms with Gasteiger partial charge in [-0.3, -0.25) is 0 Å². The van der Waals surface area contributed by atoms with Crippen LogP contribution in [0.5, 0.6) is 0 Å². The van der Waals surface area contributed by atoms with Crippen LogP contribution in [0.15, 0.2) is 12.3 Å². The number of nitrogens with zero attached hydrogens (tertiary/aromatic N) is 1. The molecule has 0 radical (unpaired) electrons. The normalized spacial score (nSPS) is 19.0. The minimum absolute atomic E-state index is 0.139. The Kier molecular flexibility index (Phi) is 4.61. The lowest BCUT2D eigenvalue weighted by molar-refractivity contribution is -0.141. The third kappa shape index (κ3) is 4.23.